The van der Waals surface area contributed by atoms with Gasteiger partial charge in [-0.05, 0) is 53.4 Å². The van der Waals surface area contributed by atoms with Crippen molar-refractivity contribution < 1.29 is 4.74 Å². The molecule has 2 aromatic rings. The van der Waals surface area contributed by atoms with Gasteiger partial charge in [-0.1, -0.05) is 6.07 Å². The van der Waals surface area contributed by atoms with Crippen molar-refractivity contribution >= 4 is 17.0 Å². The fourth-order valence-corrected chi connectivity index (χ4v) is 2.37. The van der Waals surface area contributed by atoms with Crippen molar-refractivity contribution in [2.45, 2.75) is 20.5 Å². The van der Waals surface area contributed by atoms with Gasteiger partial charge in [-0.15, -0.1) is 0 Å². The van der Waals surface area contributed by atoms with Crippen LogP contribution in [0.4, 0.5) is 5.69 Å². The SMILES string of the molecule is Cc1cc(C)c(OCc2ccsc2)c(N)c1. The maximum Gasteiger partial charge on any atom is 0.145 e. The van der Waals surface area contributed by atoms with Crippen LogP contribution < -0.4 is 10.5 Å². The van der Waals surface area contributed by atoms with Gasteiger partial charge >= 0.3 is 0 Å². The van der Waals surface area contributed by atoms with Gasteiger partial charge in [0.1, 0.15) is 12.4 Å². The summed E-state index contributed by atoms with van der Waals surface area (Å²) in [6.45, 7) is 4.63. The highest BCUT2D eigenvalue weighted by Gasteiger charge is 2.06. The Bertz CT molecular complexity index is 454. The van der Waals surface area contributed by atoms with E-state index in [1.807, 2.05) is 25.3 Å². The van der Waals surface area contributed by atoms with E-state index in [4.69, 9.17) is 10.5 Å². The van der Waals surface area contributed by atoms with E-state index in [0.29, 0.717) is 12.3 Å². The monoisotopic (exact) mass is 233 g/mol. The predicted molar refractivity (Wildman–Crippen MR) is 69.0 cm³/mol. The van der Waals surface area contributed by atoms with E-state index in [0.717, 1.165) is 16.9 Å². The highest BCUT2D eigenvalue weighted by atomic mass is 32.1. The predicted octanol–water partition coefficient (Wildman–Crippen LogP) is 3.53. The molecule has 0 radical (unpaired) electrons. The van der Waals surface area contributed by atoms with Crippen molar-refractivity contribution in [3.05, 3.63) is 45.6 Å². The number of rotatable bonds is 3. The van der Waals surface area contributed by atoms with E-state index >= 15 is 0 Å². The summed E-state index contributed by atoms with van der Waals surface area (Å²) in [5.74, 6) is 0.803. The van der Waals surface area contributed by atoms with E-state index in [2.05, 4.69) is 17.5 Å². The van der Waals surface area contributed by atoms with E-state index in [-0.39, 0.29) is 0 Å². The minimum atomic E-state index is 0.581. The van der Waals surface area contributed by atoms with Gasteiger partial charge in [0, 0.05) is 0 Å². The number of nitrogen functional groups attached to an aromatic ring is 1. The first-order chi connectivity index (χ1) is 7.66. The van der Waals surface area contributed by atoms with Crippen LogP contribution in [0.25, 0.3) is 0 Å². The van der Waals surface area contributed by atoms with Crippen molar-refractivity contribution in [1.29, 1.82) is 0 Å². The number of hydrogen-bond acceptors (Lipinski definition) is 3. The van der Waals surface area contributed by atoms with Gasteiger partial charge in [0.05, 0.1) is 5.69 Å². The van der Waals surface area contributed by atoms with E-state index in [1.54, 1.807) is 11.3 Å². The summed E-state index contributed by atoms with van der Waals surface area (Å²) in [7, 11) is 0. The molecule has 16 heavy (non-hydrogen) atoms. The summed E-state index contributed by atoms with van der Waals surface area (Å²) in [4.78, 5) is 0. The molecule has 2 N–H and O–H groups in total. The van der Waals surface area contributed by atoms with Crippen LogP contribution in [-0.2, 0) is 6.61 Å². The van der Waals surface area contributed by atoms with Crippen LogP contribution in [0.1, 0.15) is 16.7 Å². The molecule has 0 unspecified atom stereocenters. The summed E-state index contributed by atoms with van der Waals surface area (Å²) in [5, 5.41) is 4.13. The zero-order chi connectivity index (χ0) is 11.5. The van der Waals surface area contributed by atoms with Crippen molar-refractivity contribution in [1.82, 2.24) is 0 Å². The van der Waals surface area contributed by atoms with Crippen molar-refractivity contribution in [3.8, 4) is 5.75 Å². The average molecular weight is 233 g/mol. The Hall–Kier alpha value is -1.48. The molecule has 0 aliphatic carbocycles. The molecule has 1 heterocycles. The molecule has 0 atom stereocenters. The lowest BCUT2D eigenvalue weighted by molar-refractivity contribution is 0.306. The van der Waals surface area contributed by atoms with Gasteiger partial charge in [0.15, 0.2) is 0 Å². The lowest BCUT2D eigenvalue weighted by Gasteiger charge is -2.12. The molecule has 0 saturated carbocycles. The number of thiophene rings is 1. The fraction of sp³-hybridized carbons (Fsp3) is 0.231. The third-order valence-corrected chi connectivity index (χ3v) is 3.14. The number of benzene rings is 1. The summed E-state index contributed by atoms with van der Waals surface area (Å²) in [5.41, 5.74) is 10.1. The van der Waals surface area contributed by atoms with Crippen LogP contribution >= 0.6 is 11.3 Å². The van der Waals surface area contributed by atoms with Crippen LogP contribution in [0.5, 0.6) is 5.75 Å². The highest BCUT2D eigenvalue weighted by Crippen LogP contribution is 2.28. The Balaban J connectivity index is 2.15. The van der Waals surface area contributed by atoms with E-state index in [9.17, 15) is 0 Å². The molecule has 0 aliphatic heterocycles. The Labute approximate surface area is 99.7 Å². The largest absolute Gasteiger partial charge is 0.486 e. The van der Waals surface area contributed by atoms with Crippen LogP contribution in [-0.4, -0.2) is 0 Å². The zero-order valence-corrected chi connectivity index (χ0v) is 10.3. The second-order valence-corrected chi connectivity index (χ2v) is 4.70. The molecule has 0 bridgehead atoms. The molecule has 0 fully saturated rings. The minimum absolute atomic E-state index is 0.581. The van der Waals surface area contributed by atoms with Gasteiger partial charge in [0.25, 0.3) is 0 Å². The van der Waals surface area contributed by atoms with Crippen molar-refractivity contribution in [2.24, 2.45) is 0 Å². The maximum atomic E-state index is 5.94. The molecular formula is C13H15NOS. The molecule has 0 aliphatic rings. The second-order valence-electron chi connectivity index (χ2n) is 3.92. The summed E-state index contributed by atoms with van der Waals surface area (Å²) >= 11 is 1.67. The minimum Gasteiger partial charge on any atom is -0.486 e. The first-order valence-electron chi connectivity index (χ1n) is 5.17. The Kier molecular flexibility index (Phi) is 3.15. The lowest BCUT2D eigenvalue weighted by Crippen LogP contribution is -2.00. The van der Waals surface area contributed by atoms with Crippen LogP contribution in [0.3, 0.4) is 0 Å². The number of nitrogens with two attached hydrogens (primary N) is 1. The zero-order valence-electron chi connectivity index (χ0n) is 9.49. The molecule has 0 amide bonds. The average Bonchev–Trinajstić information content (AvgIpc) is 2.68. The first-order valence-corrected chi connectivity index (χ1v) is 6.11. The third kappa shape index (κ3) is 2.36. The van der Waals surface area contributed by atoms with Gasteiger partial charge in [-0.25, -0.2) is 0 Å². The summed E-state index contributed by atoms with van der Waals surface area (Å²) in [6.07, 6.45) is 0. The Morgan fingerprint density at radius 2 is 2.12 bits per heavy atom. The van der Waals surface area contributed by atoms with Gasteiger partial charge in [-0.3, -0.25) is 0 Å². The molecule has 0 saturated heterocycles. The fourth-order valence-electron chi connectivity index (χ4n) is 1.71. The number of ether oxygens (including phenoxy) is 1. The normalized spacial score (nSPS) is 10.4. The number of aryl methyl sites for hydroxylation is 2. The standard InChI is InChI=1S/C13H15NOS/c1-9-5-10(2)13(12(14)6-9)15-7-11-3-4-16-8-11/h3-6,8H,7,14H2,1-2H3. The molecular weight excluding hydrogens is 218 g/mol. The topological polar surface area (TPSA) is 35.2 Å². The molecule has 2 nitrogen and oxygen atoms in total. The molecule has 0 spiro atoms. The van der Waals surface area contributed by atoms with Gasteiger partial charge in [-0.2, -0.15) is 11.3 Å². The van der Waals surface area contributed by atoms with E-state index in [1.165, 1.54) is 5.56 Å². The van der Waals surface area contributed by atoms with Crippen LogP contribution in [0.2, 0.25) is 0 Å². The molecule has 2 rings (SSSR count). The second kappa shape index (κ2) is 4.58. The van der Waals surface area contributed by atoms with Crippen LogP contribution in [0.15, 0.2) is 29.0 Å². The first kappa shape index (κ1) is 11.0. The summed E-state index contributed by atoms with van der Waals surface area (Å²) < 4.78 is 5.75. The maximum absolute atomic E-state index is 5.94. The van der Waals surface area contributed by atoms with Gasteiger partial charge in [0.2, 0.25) is 0 Å². The van der Waals surface area contributed by atoms with E-state index < -0.39 is 0 Å². The molecule has 84 valence electrons. The molecule has 3 heteroatoms. The quantitative estimate of drug-likeness (QED) is 0.823. The molecule has 1 aromatic carbocycles. The number of anilines is 1. The number of hydrogen-bond donors (Lipinski definition) is 1. The molecule has 1 aromatic heterocycles. The smallest absolute Gasteiger partial charge is 0.145 e. The highest BCUT2D eigenvalue weighted by molar-refractivity contribution is 7.07. The van der Waals surface area contributed by atoms with Crippen molar-refractivity contribution in [3.63, 3.8) is 0 Å². The van der Waals surface area contributed by atoms with Crippen LogP contribution in [0, 0.1) is 13.8 Å². The third-order valence-electron chi connectivity index (χ3n) is 2.41. The Morgan fingerprint density at radius 3 is 2.75 bits per heavy atom. The van der Waals surface area contributed by atoms with Gasteiger partial charge < -0.3 is 10.5 Å². The summed E-state index contributed by atoms with van der Waals surface area (Å²) in [6, 6.07) is 6.08. The Morgan fingerprint density at radius 1 is 1.31 bits per heavy atom. The lowest BCUT2D eigenvalue weighted by atomic mass is 10.1. The van der Waals surface area contributed by atoms with Crippen molar-refractivity contribution in [2.75, 3.05) is 5.73 Å².